The number of rotatable bonds is 5. The van der Waals surface area contributed by atoms with Gasteiger partial charge in [0.2, 0.25) is 12.7 Å². The number of aromatic nitrogens is 1. The van der Waals surface area contributed by atoms with Crippen molar-refractivity contribution in [2.45, 2.75) is 13.5 Å². The Morgan fingerprint density at radius 2 is 1.87 bits per heavy atom. The van der Waals surface area contributed by atoms with Crippen LogP contribution in [-0.4, -0.2) is 27.5 Å². The summed E-state index contributed by atoms with van der Waals surface area (Å²) in [5.74, 6) is 0.792. The molecule has 2 aliphatic heterocycles. The van der Waals surface area contributed by atoms with Gasteiger partial charge in [-0.3, -0.25) is 14.5 Å². The summed E-state index contributed by atoms with van der Waals surface area (Å²) in [7, 11) is 0. The summed E-state index contributed by atoms with van der Waals surface area (Å²) in [6.07, 6.45) is 1.83. The number of nitrogens with one attached hydrogen (secondary N) is 1. The van der Waals surface area contributed by atoms with Crippen molar-refractivity contribution in [2.75, 3.05) is 17.0 Å². The van der Waals surface area contributed by atoms with Crippen LogP contribution in [0.2, 0.25) is 10.0 Å². The van der Waals surface area contributed by atoms with Crippen molar-refractivity contribution in [1.82, 2.24) is 4.57 Å². The highest BCUT2D eigenvalue weighted by molar-refractivity contribution is 8.27. The van der Waals surface area contributed by atoms with Gasteiger partial charge in [-0.25, -0.2) is 0 Å². The smallest absolute Gasteiger partial charge is 0.270 e. The van der Waals surface area contributed by atoms with Gasteiger partial charge in [0.05, 0.1) is 20.6 Å². The molecule has 3 heterocycles. The van der Waals surface area contributed by atoms with Gasteiger partial charge < -0.3 is 19.4 Å². The van der Waals surface area contributed by atoms with Crippen molar-refractivity contribution >= 4 is 91.7 Å². The average Bonchev–Trinajstić information content (AvgIpc) is 3.57. The van der Waals surface area contributed by atoms with Crippen LogP contribution < -0.4 is 19.7 Å². The van der Waals surface area contributed by atoms with Crippen LogP contribution in [0.5, 0.6) is 11.5 Å². The molecule has 0 spiro atoms. The molecular formula is C28H19Cl2N3O4S2. The Morgan fingerprint density at radius 1 is 1.08 bits per heavy atom. The van der Waals surface area contributed by atoms with Crippen LogP contribution >= 0.6 is 47.2 Å². The highest BCUT2D eigenvalue weighted by Gasteiger charge is 2.34. The maximum absolute atomic E-state index is 13.4. The largest absolute Gasteiger partial charge is 0.454 e. The fourth-order valence-corrected chi connectivity index (χ4v) is 6.18. The highest BCUT2D eigenvalue weighted by atomic mass is 35.5. The minimum absolute atomic E-state index is 0.0822. The van der Waals surface area contributed by atoms with Gasteiger partial charge in [-0.15, -0.1) is 0 Å². The first kappa shape index (κ1) is 25.8. The minimum atomic E-state index is -0.250. The third kappa shape index (κ3) is 4.76. The van der Waals surface area contributed by atoms with Crippen molar-refractivity contribution in [3.63, 3.8) is 0 Å². The van der Waals surface area contributed by atoms with Crippen LogP contribution in [0.1, 0.15) is 11.3 Å². The lowest BCUT2D eigenvalue weighted by Gasteiger charge is -2.15. The second-order valence-electron chi connectivity index (χ2n) is 8.83. The van der Waals surface area contributed by atoms with Crippen molar-refractivity contribution in [3.8, 4) is 11.5 Å². The molecule has 1 aromatic heterocycles. The summed E-state index contributed by atoms with van der Waals surface area (Å²) in [6, 6.07) is 18.0. The van der Waals surface area contributed by atoms with E-state index in [1.807, 2.05) is 41.8 Å². The quantitative estimate of drug-likeness (QED) is 0.197. The van der Waals surface area contributed by atoms with Crippen molar-refractivity contribution in [1.29, 1.82) is 0 Å². The maximum atomic E-state index is 13.4. The van der Waals surface area contributed by atoms with E-state index < -0.39 is 0 Å². The van der Waals surface area contributed by atoms with E-state index in [-0.39, 0.29) is 25.2 Å². The molecule has 0 aliphatic carbocycles. The van der Waals surface area contributed by atoms with Gasteiger partial charge in [0.15, 0.2) is 15.8 Å². The number of anilines is 2. The number of hydrogen-bond acceptors (Lipinski definition) is 6. The van der Waals surface area contributed by atoms with Crippen LogP contribution in [0.15, 0.2) is 65.6 Å². The molecule has 39 heavy (non-hydrogen) atoms. The normalized spacial score (nSPS) is 15.6. The van der Waals surface area contributed by atoms with Crippen LogP contribution in [0.4, 0.5) is 11.4 Å². The third-order valence-electron chi connectivity index (χ3n) is 6.47. The third-order valence-corrected chi connectivity index (χ3v) is 8.51. The molecule has 4 aromatic rings. The molecular weight excluding hydrogens is 577 g/mol. The number of halogens is 2. The second kappa shape index (κ2) is 10.2. The lowest BCUT2D eigenvalue weighted by Crippen LogP contribution is -2.27. The van der Waals surface area contributed by atoms with Gasteiger partial charge >= 0.3 is 0 Å². The van der Waals surface area contributed by atoms with E-state index in [1.54, 1.807) is 36.4 Å². The van der Waals surface area contributed by atoms with Gasteiger partial charge in [-0.1, -0.05) is 65.4 Å². The monoisotopic (exact) mass is 595 g/mol. The predicted octanol–water partition coefficient (Wildman–Crippen LogP) is 7.03. The zero-order valence-electron chi connectivity index (χ0n) is 20.4. The summed E-state index contributed by atoms with van der Waals surface area (Å²) < 4.78 is 13.1. The van der Waals surface area contributed by atoms with Gasteiger partial charge in [-0.05, 0) is 49.4 Å². The first-order chi connectivity index (χ1) is 18.8. The summed E-state index contributed by atoms with van der Waals surface area (Å²) in [6.45, 7) is 2.18. The molecule has 11 heteroatoms. The number of thiocarbonyl (C=S) groups is 1. The number of carbonyl (C=O) groups is 2. The molecule has 0 saturated carbocycles. The van der Waals surface area contributed by atoms with E-state index in [4.69, 9.17) is 44.9 Å². The number of para-hydroxylation sites is 1. The zero-order valence-corrected chi connectivity index (χ0v) is 23.5. The number of thioether (sulfide) groups is 1. The summed E-state index contributed by atoms with van der Waals surface area (Å²) in [5.41, 5.74) is 3.73. The number of amides is 2. The number of nitrogens with zero attached hydrogens (tertiary/aromatic N) is 2. The SMILES string of the molecule is Cc1c(/C=C2/SC(=S)N(c3ccc(Cl)c(Cl)c3)C2=O)c2ccccc2n1CC(=O)Nc1ccc2c(c1)OCO2. The second-order valence-corrected chi connectivity index (χ2v) is 11.3. The van der Waals surface area contributed by atoms with E-state index in [9.17, 15) is 9.59 Å². The Morgan fingerprint density at radius 3 is 2.69 bits per heavy atom. The van der Waals surface area contributed by atoms with Crippen LogP contribution in [0, 0.1) is 6.92 Å². The Balaban J connectivity index is 1.30. The van der Waals surface area contributed by atoms with Crippen LogP contribution in [0.3, 0.4) is 0 Å². The predicted molar refractivity (Wildman–Crippen MR) is 160 cm³/mol. The van der Waals surface area contributed by atoms with E-state index in [2.05, 4.69) is 5.32 Å². The Hall–Kier alpha value is -3.50. The van der Waals surface area contributed by atoms with E-state index in [0.717, 1.165) is 22.2 Å². The number of carbonyl (C=O) groups excluding carboxylic acids is 2. The van der Waals surface area contributed by atoms with Crippen molar-refractivity contribution in [3.05, 3.63) is 86.9 Å². The molecule has 196 valence electrons. The Kier molecular flexibility index (Phi) is 6.76. The van der Waals surface area contributed by atoms with Crippen LogP contribution in [-0.2, 0) is 16.1 Å². The lowest BCUT2D eigenvalue weighted by molar-refractivity contribution is -0.116. The van der Waals surface area contributed by atoms with Gasteiger partial charge in [0.25, 0.3) is 5.91 Å². The fraction of sp³-hybridized carbons (Fsp3) is 0.107. The molecule has 3 aromatic carbocycles. The summed E-state index contributed by atoms with van der Waals surface area (Å²) >= 11 is 19.0. The number of hydrogen-bond donors (Lipinski definition) is 1. The fourth-order valence-electron chi connectivity index (χ4n) is 4.61. The standard InChI is InChI=1S/C28H19Cl2N3O4S2/c1-15-19(12-25-27(35)33(28(38)39-25)17-7-8-20(29)21(30)11-17)18-4-2-3-5-22(18)32(15)13-26(34)31-16-6-9-23-24(10-16)37-14-36-23/h2-12H,13-14H2,1H3,(H,31,34)/b25-12+. The van der Waals surface area contributed by atoms with Gasteiger partial charge in [0.1, 0.15) is 6.54 Å². The Labute approximate surface area is 243 Å². The number of benzene rings is 3. The van der Waals surface area contributed by atoms with Gasteiger partial charge in [-0.2, -0.15) is 0 Å². The minimum Gasteiger partial charge on any atom is -0.454 e. The van der Waals surface area contributed by atoms with E-state index in [0.29, 0.717) is 42.1 Å². The average molecular weight is 597 g/mol. The molecule has 1 N–H and O–H groups in total. The molecule has 0 unspecified atom stereocenters. The molecule has 0 bridgehead atoms. The summed E-state index contributed by atoms with van der Waals surface area (Å²) in [5, 5.41) is 4.58. The topological polar surface area (TPSA) is 72.8 Å². The Bertz CT molecular complexity index is 1730. The molecule has 6 rings (SSSR count). The van der Waals surface area contributed by atoms with Crippen LogP contribution in [0.25, 0.3) is 17.0 Å². The molecule has 1 fully saturated rings. The molecule has 7 nitrogen and oxygen atoms in total. The molecule has 0 radical (unpaired) electrons. The first-order valence-corrected chi connectivity index (χ1v) is 13.8. The number of fused-ring (bicyclic) bond motifs is 2. The van der Waals surface area contributed by atoms with E-state index in [1.165, 1.54) is 16.7 Å². The molecule has 2 amide bonds. The van der Waals surface area contributed by atoms with Crippen molar-refractivity contribution in [2.24, 2.45) is 0 Å². The summed E-state index contributed by atoms with van der Waals surface area (Å²) in [4.78, 5) is 28.4. The number of ether oxygens (including phenoxy) is 2. The lowest BCUT2D eigenvalue weighted by atomic mass is 10.1. The molecule has 1 saturated heterocycles. The van der Waals surface area contributed by atoms with E-state index >= 15 is 0 Å². The molecule has 2 aliphatic rings. The maximum Gasteiger partial charge on any atom is 0.270 e. The van der Waals surface area contributed by atoms with Gasteiger partial charge in [0, 0.05) is 33.9 Å². The molecule has 0 atom stereocenters. The van der Waals surface area contributed by atoms with Crippen molar-refractivity contribution < 1.29 is 19.1 Å². The highest BCUT2D eigenvalue weighted by Crippen LogP contribution is 2.40. The zero-order chi connectivity index (χ0) is 27.3. The first-order valence-electron chi connectivity index (χ1n) is 11.8.